The summed E-state index contributed by atoms with van der Waals surface area (Å²) in [6, 6.07) is 12.1. The zero-order valence-electron chi connectivity index (χ0n) is 11.7. The van der Waals surface area contributed by atoms with Gasteiger partial charge in [0.25, 0.3) is 0 Å². The van der Waals surface area contributed by atoms with Crippen molar-refractivity contribution in [1.29, 1.82) is 0 Å². The third-order valence-corrected chi connectivity index (χ3v) is 3.81. The molecular weight excluding hydrogens is 268 g/mol. The predicted molar refractivity (Wildman–Crippen MR) is 84.9 cm³/mol. The van der Waals surface area contributed by atoms with Gasteiger partial charge in [0.2, 0.25) is 5.91 Å². The number of rotatable bonds is 5. The standard InChI is InChI=1S/C16H18N2OS/c1-12-3-5-14(6-4-12)10-20-11-16(19)18-15-9-13(2)7-8-17-15/h3-9H,10-11H2,1-2H3,(H,17,18,19). The van der Waals surface area contributed by atoms with Crippen LogP contribution in [0.5, 0.6) is 0 Å². The molecule has 1 heterocycles. The average molecular weight is 286 g/mol. The molecule has 0 saturated carbocycles. The van der Waals surface area contributed by atoms with Crippen molar-refractivity contribution in [2.75, 3.05) is 11.1 Å². The summed E-state index contributed by atoms with van der Waals surface area (Å²) in [6.45, 7) is 4.04. The van der Waals surface area contributed by atoms with E-state index >= 15 is 0 Å². The number of benzene rings is 1. The number of nitrogens with one attached hydrogen (secondary N) is 1. The molecule has 0 saturated heterocycles. The molecule has 1 aromatic carbocycles. The number of anilines is 1. The van der Waals surface area contributed by atoms with Crippen LogP contribution in [0.1, 0.15) is 16.7 Å². The first-order valence-electron chi connectivity index (χ1n) is 6.49. The van der Waals surface area contributed by atoms with E-state index in [1.54, 1.807) is 18.0 Å². The predicted octanol–water partition coefficient (Wildman–Crippen LogP) is 3.57. The molecule has 4 heteroatoms. The summed E-state index contributed by atoms with van der Waals surface area (Å²) in [7, 11) is 0. The Balaban J connectivity index is 1.76. The van der Waals surface area contributed by atoms with Gasteiger partial charge in [0.15, 0.2) is 0 Å². The van der Waals surface area contributed by atoms with Crippen LogP contribution in [0.2, 0.25) is 0 Å². The largest absolute Gasteiger partial charge is 0.310 e. The topological polar surface area (TPSA) is 42.0 Å². The van der Waals surface area contributed by atoms with Crippen molar-refractivity contribution in [1.82, 2.24) is 4.98 Å². The second kappa shape index (κ2) is 7.10. The monoisotopic (exact) mass is 286 g/mol. The molecule has 0 spiro atoms. The minimum absolute atomic E-state index is 0.0137. The molecule has 2 aromatic rings. The molecule has 104 valence electrons. The SMILES string of the molecule is Cc1ccc(CSCC(=O)Nc2cc(C)ccn2)cc1. The van der Waals surface area contributed by atoms with Gasteiger partial charge < -0.3 is 5.32 Å². The van der Waals surface area contributed by atoms with Crippen molar-refractivity contribution in [3.8, 4) is 0 Å². The van der Waals surface area contributed by atoms with Crippen molar-refractivity contribution in [2.45, 2.75) is 19.6 Å². The zero-order chi connectivity index (χ0) is 14.4. The van der Waals surface area contributed by atoms with Gasteiger partial charge >= 0.3 is 0 Å². The lowest BCUT2D eigenvalue weighted by molar-refractivity contribution is -0.113. The molecule has 0 fully saturated rings. The van der Waals surface area contributed by atoms with E-state index in [-0.39, 0.29) is 5.91 Å². The summed E-state index contributed by atoms with van der Waals surface area (Å²) < 4.78 is 0. The van der Waals surface area contributed by atoms with E-state index in [0.29, 0.717) is 11.6 Å². The Morgan fingerprint density at radius 1 is 1.15 bits per heavy atom. The Kier molecular flexibility index (Phi) is 5.18. The quantitative estimate of drug-likeness (QED) is 0.913. The van der Waals surface area contributed by atoms with Gasteiger partial charge in [-0.15, -0.1) is 11.8 Å². The number of aryl methyl sites for hydroxylation is 2. The highest BCUT2D eigenvalue weighted by Crippen LogP contribution is 2.13. The van der Waals surface area contributed by atoms with Gasteiger partial charge in [-0.3, -0.25) is 4.79 Å². The lowest BCUT2D eigenvalue weighted by atomic mass is 10.2. The lowest BCUT2D eigenvalue weighted by Gasteiger charge is -2.05. The molecule has 0 atom stereocenters. The summed E-state index contributed by atoms with van der Waals surface area (Å²) in [5, 5.41) is 2.81. The average Bonchev–Trinajstić information content (AvgIpc) is 2.41. The van der Waals surface area contributed by atoms with Crippen LogP contribution in [-0.2, 0) is 10.5 Å². The number of aromatic nitrogens is 1. The third kappa shape index (κ3) is 4.70. The number of carbonyl (C=O) groups excluding carboxylic acids is 1. The summed E-state index contributed by atoms with van der Waals surface area (Å²) in [4.78, 5) is 15.9. The molecule has 3 nitrogen and oxygen atoms in total. The molecule has 0 radical (unpaired) electrons. The second-order valence-electron chi connectivity index (χ2n) is 4.75. The van der Waals surface area contributed by atoms with Crippen LogP contribution in [0.3, 0.4) is 0 Å². The van der Waals surface area contributed by atoms with Gasteiger partial charge in [0.05, 0.1) is 5.75 Å². The van der Waals surface area contributed by atoms with Gasteiger partial charge in [-0.25, -0.2) is 4.98 Å². The van der Waals surface area contributed by atoms with E-state index in [1.165, 1.54) is 11.1 Å². The summed E-state index contributed by atoms with van der Waals surface area (Å²) >= 11 is 1.60. The second-order valence-corrected chi connectivity index (χ2v) is 5.73. The van der Waals surface area contributed by atoms with Crippen molar-refractivity contribution < 1.29 is 4.79 Å². The fraction of sp³-hybridized carbons (Fsp3) is 0.250. The number of amides is 1. The molecule has 0 bridgehead atoms. The fourth-order valence-electron chi connectivity index (χ4n) is 1.73. The van der Waals surface area contributed by atoms with Crippen LogP contribution in [0.15, 0.2) is 42.6 Å². The van der Waals surface area contributed by atoms with Crippen molar-refractivity contribution in [3.05, 3.63) is 59.3 Å². The molecule has 0 aliphatic heterocycles. The minimum Gasteiger partial charge on any atom is -0.310 e. The molecular formula is C16H18N2OS. The van der Waals surface area contributed by atoms with Gasteiger partial charge in [0, 0.05) is 11.9 Å². The smallest absolute Gasteiger partial charge is 0.235 e. The van der Waals surface area contributed by atoms with E-state index in [2.05, 4.69) is 41.5 Å². The number of carbonyl (C=O) groups is 1. The molecule has 20 heavy (non-hydrogen) atoms. The van der Waals surface area contributed by atoms with E-state index in [1.807, 2.05) is 19.1 Å². The van der Waals surface area contributed by atoms with Crippen LogP contribution in [0.25, 0.3) is 0 Å². The van der Waals surface area contributed by atoms with E-state index < -0.39 is 0 Å². The number of hydrogen-bond donors (Lipinski definition) is 1. The maximum absolute atomic E-state index is 11.8. The van der Waals surface area contributed by atoms with E-state index in [4.69, 9.17) is 0 Å². The number of thioether (sulfide) groups is 1. The third-order valence-electron chi connectivity index (χ3n) is 2.81. The maximum atomic E-state index is 11.8. The van der Waals surface area contributed by atoms with Crippen LogP contribution < -0.4 is 5.32 Å². The highest BCUT2D eigenvalue weighted by atomic mass is 32.2. The first-order chi connectivity index (χ1) is 9.63. The maximum Gasteiger partial charge on any atom is 0.235 e. The normalized spacial score (nSPS) is 10.3. The Morgan fingerprint density at radius 2 is 1.90 bits per heavy atom. The Hall–Kier alpha value is -1.81. The lowest BCUT2D eigenvalue weighted by Crippen LogP contribution is -2.15. The van der Waals surface area contributed by atoms with Crippen LogP contribution in [-0.4, -0.2) is 16.6 Å². The van der Waals surface area contributed by atoms with Crippen molar-refractivity contribution in [2.24, 2.45) is 0 Å². The van der Waals surface area contributed by atoms with Crippen molar-refractivity contribution in [3.63, 3.8) is 0 Å². The summed E-state index contributed by atoms with van der Waals surface area (Å²) in [5.74, 6) is 1.88. The minimum atomic E-state index is -0.0137. The van der Waals surface area contributed by atoms with E-state index in [0.717, 1.165) is 11.3 Å². The molecule has 2 rings (SSSR count). The number of nitrogens with zero attached hydrogens (tertiary/aromatic N) is 1. The zero-order valence-corrected chi connectivity index (χ0v) is 12.5. The molecule has 1 amide bonds. The first-order valence-corrected chi connectivity index (χ1v) is 7.65. The molecule has 1 N–H and O–H groups in total. The molecule has 1 aromatic heterocycles. The Morgan fingerprint density at radius 3 is 2.60 bits per heavy atom. The summed E-state index contributed by atoms with van der Waals surface area (Å²) in [5.41, 5.74) is 3.58. The van der Waals surface area contributed by atoms with Gasteiger partial charge in [-0.1, -0.05) is 29.8 Å². The Labute approximate surface area is 123 Å². The van der Waals surface area contributed by atoms with E-state index in [9.17, 15) is 4.79 Å². The fourth-order valence-corrected chi connectivity index (χ4v) is 2.52. The van der Waals surface area contributed by atoms with Gasteiger partial charge in [-0.05, 0) is 37.1 Å². The number of hydrogen-bond acceptors (Lipinski definition) is 3. The van der Waals surface area contributed by atoms with Crippen LogP contribution in [0.4, 0.5) is 5.82 Å². The Bertz CT molecular complexity index is 581. The first kappa shape index (κ1) is 14.6. The summed E-state index contributed by atoms with van der Waals surface area (Å²) in [6.07, 6.45) is 1.70. The molecule has 0 aliphatic rings. The molecule has 0 aliphatic carbocycles. The number of pyridine rings is 1. The highest BCUT2D eigenvalue weighted by Gasteiger charge is 2.04. The van der Waals surface area contributed by atoms with Gasteiger partial charge in [-0.2, -0.15) is 0 Å². The van der Waals surface area contributed by atoms with Gasteiger partial charge in [0.1, 0.15) is 5.82 Å². The van der Waals surface area contributed by atoms with Crippen molar-refractivity contribution >= 4 is 23.5 Å². The van der Waals surface area contributed by atoms with Crippen LogP contribution >= 0.6 is 11.8 Å². The van der Waals surface area contributed by atoms with Crippen LogP contribution in [0, 0.1) is 13.8 Å². The highest BCUT2D eigenvalue weighted by molar-refractivity contribution is 7.99. The molecule has 0 unspecified atom stereocenters.